The summed E-state index contributed by atoms with van der Waals surface area (Å²) in [5.41, 5.74) is 7.75. The number of nitrogens with two attached hydrogens (primary N) is 1. The first kappa shape index (κ1) is 15.3. The van der Waals surface area contributed by atoms with Crippen molar-refractivity contribution in [1.82, 2.24) is 4.90 Å². The maximum absolute atomic E-state index is 6.17. The first-order chi connectivity index (χ1) is 9.43. The Labute approximate surface area is 123 Å². The second-order valence-electron chi connectivity index (χ2n) is 6.84. The molecular formula is C17H28N2O. The average molecular weight is 276 g/mol. The number of nitrogens with zero attached hydrogens (tertiary/aromatic N) is 1. The number of benzene rings is 1. The highest BCUT2D eigenvalue weighted by Crippen LogP contribution is 2.40. The molecule has 2 N–H and O–H groups in total. The quantitative estimate of drug-likeness (QED) is 0.922. The van der Waals surface area contributed by atoms with E-state index in [9.17, 15) is 0 Å². The predicted octanol–water partition coefficient (Wildman–Crippen LogP) is 2.79. The molecule has 1 heterocycles. The van der Waals surface area contributed by atoms with Crippen molar-refractivity contribution >= 4 is 0 Å². The molecule has 0 amide bonds. The van der Waals surface area contributed by atoms with Gasteiger partial charge in [0.05, 0.1) is 7.11 Å². The Bertz CT molecular complexity index is 443. The molecule has 3 nitrogen and oxygen atoms in total. The summed E-state index contributed by atoms with van der Waals surface area (Å²) < 4.78 is 5.55. The minimum atomic E-state index is 0.0638. The number of para-hydroxylation sites is 1. The third-order valence-corrected chi connectivity index (χ3v) is 4.74. The summed E-state index contributed by atoms with van der Waals surface area (Å²) in [6, 6.07) is 8.34. The molecule has 2 rings (SSSR count). The van der Waals surface area contributed by atoms with Crippen molar-refractivity contribution in [3.63, 3.8) is 0 Å². The molecule has 1 saturated heterocycles. The van der Waals surface area contributed by atoms with Gasteiger partial charge >= 0.3 is 0 Å². The second-order valence-corrected chi connectivity index (χ2v) is 6.84. The standard InChI is InChI=1S/C17H28N2O/c1-16(2,3)19-11-9-17(13-18,10-12-19)14-7-5-6-8-15(14)20-4/h5-8H,9-13,18H2,1-4H3. The molecule has 0 saturated carbocycles. The number of hydrogen-bond acceptors (Lipinski definition) is 3. The van der Waals surface area contributed by atoms with E-state index in [2.05, 4.69) is 37.8 Å². The summed E-state index contributed by atoms with van der Waals surface area (Å²) in [6.45, 7) is 9.73. The molecule has 1 fully saturated rings. The van der Waals surface area contributed by atoms with Crippen LogP contribution in [0, 0.1) is 0 Å². The van der Waals surface area contributed by atoms with Crippen molar-refractivity contribution in [2.45, 2.75) is 44.6 Å². The van der Waals surface area contributed by atoms with E-state index < -0.39 is 0 Å². The summed E-state index contributed by atoms with van der Waals surface area (Å²) in [5, 5.41) is 0. The summed E-state index contributed by atoms with van der Waals surface area (Å²) in [5.74, 6) is 0.974. The maximum Gasteiger partial charge on any atom is 0.122 e. The molecule has 0 aliphatic carbocycles. The van der Waals surface area contributed by atoms with Crippen LogP contribution in [0.2, 0.25) is 0 Å². The van der Waals surface area contributed by atoms with Crippen LogP contribution in [-0.4, -0.2) is 37.2 Å². The molecule has 1 aromatic rings. The fourth-order valence-corrected chi connectivity index (χ4v) is 3.27. The number of piperidine rings is 1. The molecular weight excluding hydrogens is 248 g/mol. The van der Waals surface area contributed by atoms with Gasteiger partial charge in [-0.05, 0) is 52.8 Å². The highest BCUT2D eigenvalue weighted by atomic mass is 16.5. The Kier molecular flexibility index (Phi) is 4.40. The largest absolute Gasteiger partial charge is 0.496 e. The van der Waals surface area contributed by atoms with Crippen LogP contribution in [0.15, 0.2) is 24.3 Å². The van der Waals surface area contributed by atoms with Gasteiger partial charge in [0.2, 0.25) is 0 Å². The van der Waals surface area contributed by atoms with Gasteiger partial charge in [-0.1, -0.05) is 18.2 Å². The van der Waals surface area contributed by atoms with E-state index in [1.165, 1.54) is 5.56 Å². The molecule has 0 spiro atoms. The molecule has 0 aromatic heterocycles. The normalized spacial score (nSPS) is 19.9. The van der Waals surface area contributed by atoms with Crippen LogP contribution in [-0.2, 0) is 5.41 Å². The van der Waals surface area contributed by atoms with Crippen LogP contribution in [0.1, 0.15) is 39.2 Å². The molecule has 20 heavy (non-hydrogen) atoms. The van der Waals surface area contributed by atoms with Crippen molar-refractivity contribution in [1.29, 1.82) is 0 Å². The number of likely N-dealkylation sites (tertiary alicyclic amines) is 1. The molecule has 1 aliphatic heterocycles. The third-order valence-electron chi connectivity index (χ3n) is 4.74. The molecule has 1 aromatic carbocycles. The van der Waals surface area contributed by atoms with Crippen LogP contribution in [0.3, 0.4) is 0 Å². The Morgan fingerprint density at radius 2 is 1.80 bits per heavy atom. The first-order valence-corrected chi connectivity index (χ1v) is 7.51. The van der Waals surface area contributed by atoms with E-state index >= 15 is 0 Å². The minimum absolute atomic E-state index is 0.0638. The van der Waals surface area contributed by atoms with Crippen molar-refractivity contribution in [3.05, 3.63) is 29.8 Å². The van der Waals surface area contributed by atoms with Crippen molar-refractivity contribution in [2.24, 2.45) is 5.73 Å². The lowest BCUT2D eigenvalue weighted by Crippen LogP contribution is -2.52. The van der Waals surface area contributed by atoms with Crippen LogP contribution in [0.5, 0.6) is 5.75 Å². The molecule has 0 bridgehead atoms. The van der Waals surface area contributed by atoms with E-state index in [1.807, 2.05) is 12.1 Å². The smallest absolute Gasteiger partial charge is 0.122 e. The molecule has 0 radical (unpaired) electrons. The van der Waals surface area contributed by atoms with E-state index in [0.29, 0.717) is 6.54 Å². The zero-order valence-electron chi connectivity index (χ0n) is 13.3. The van der Waals surface area contributed by atoms with E-state index in [1.54, 1.807) is 7.11 Å². The second kappa shape index (κ2) is 5.74. The molecule has 1 aliphatic rings. The Balaban J connectivity index is 2.25. The van der Waals surface area contributed by atoms with E-state index in [-0.39, 0.29) is 11.0 Å². The van der Waals surface area contributed by atoms with Gasteiger partial charge in [-0.3, -0.25) is 4.90 Å². The van der Waals surface area contributed by atoms with Crippen LogP contribution >= 0.6 is 0 Å². The first-order valence-electron chi connectivity index (χ1n) is 7.51. The summed E-state index contributed by atoms with van der Waals surface area (Å²) in [7, 11) is 1.74. The van der Waals surface area contributed by atoms with Gasteiger partial charge in [0.1, 0.15) is 5.75 Å². The summed E-state index contributed by atoms with van der Waals surface area (Å²) in [6.07, 6.45) is 2.20. The van der Waals surface area contributed by atoms with Gasteiger partial charge in [-0.15, -0.1) is 0 Å². The third kappa shape index (κ3) is 2.84. The zero-order valence-corrected chi connectivity index (χ0v) is 13.3. The van der Waals surface area contributed by atoms with Gasteiger partial charge in [-0.25, -0.2) is 0 Å². The lowest BCUT2D eigenvalue weighted by atomic mass is 9.72. The van der Waals surface area contributed by atoms with Gasteiger partial charge in [0.15, 0.2) is 0 Å². The Morgan fingerprint density at radius 3 is 2.30 bits per heavy atom. The van der Waals surface area contributed by atoms with Crippen molar-refractivity contribution in [3.8, 4) is 5.75 Å². The van der Waals surface area contributed by atoms with Gasteiger partial charge in [0.25, 0.3) is 0 Å². The summed E-state index contributed by atoms with van der Waals surface area (Å²) >= 11 is 0. The van der Waals surface area contributed by atoms with Gasteiger partial charge in [0, 0.05) is 23.1 Å². The minimum Gasteiger partial charge on any atom is -0.496 e. The molecule has 0 unspecified atom stereocenters. The highest BCUT2D eigenvalue weighted by molar-refractivity contribution is 5.40. The van der Waals surface area contributed by atoms with Crippen LogP contribution in [0.25, 0.3) is 0 Å². The molecule has 3 heteroatoms. The van der Waals surface area contributed by atoms with E-state index in [0.717, 1.165) is 31.7 Å². The average Bonchev–Trinajstić information content (AvgIpc) is 2.46. The zero-order chi connectivity index (χ0) is 14.8. The number of rotatable bonds is 3. The van der Waals surface area contributed by atoms with Gasteiger partial charge < -0.3 is 10.5 Å². The highest BCUT2D eigenvalue weighted by Gasteiger charge is 2.39. The van der Waals surface area contributed by atoms with Crippen LogP contribution < -0.4 is 10.5 Å². The lowest BCUT2D eigenvalue weighted by Gasteiger charge is -2.46. The van der Waals surface area contributed by atoms with Crippen LogP contribution in [0.4, 0.5) is 0 Å². The monoisotopic (exact) mass is 276 g/mol. The SMILES string of the molecule is COc1ccccc1C1(CN)CCN(C(C)(C)C)CC1. The molecule has 0 atom stereocenters. The maximum atomic E-state index is 6.17. The Morgan fingerprint density at radius 1 is 1.20 bits per heavy atom. The number of ether oxygens (including phenoxy) is 1. The fourth-order valence-electron chi connectivity index (χ4n) is 3.27. The van der Waals surface area contributed by atoms with Crippen molar-refractivity contribution in [2.75, 3.05) is 26.7 Å². The van der Waals surface area contributed by atoms with E-state index in [4.69, 9.17) is 10.5 Å². The lowest BCUT2D eigenvalue weighted by molar-refractivity contribution is 0.0756. The number of hydrogen-bond donors (Lipinski definition) is 1. The summed E-state index contributed by atoms with van der Waals surface area (Å²) in [4.78, 5) is 2.55. The molecule has 112 valence electrons. The van der Waals surface area contributed by atoms with Crippen molar-refractivity contribution < 1.29 is 4.74 Å². The topological polar surface area (TPSA) is 38.5 Å². The fraction of sp³-hybridized carbons (Fsp3) is 0.647. The Hall–Kier alpha value is -1.06. The number of methoxy groups -OCH3 is 1. The predicted molar refractivity (Wildman–Crippen MR) is 84.3 cm³/mol. The van der Waals surface area contributed by atoms with Gasteiger partial charge in [-0.2, -0.15) is 0 Å².